The Morgan fingerprint density at radius 3 is 2.50 bits per heavy atom. The fourth-order valence-corrected chi connectivity index (χ4v) is 5.13. The highest BCUT2D eigenvalue weighted by molar-refractivity contribution is 7.15. The van der Waals surface area contributed by atoms with Gasteiger partial charge in [-0.05, 0) is 30.4 Å². The summed E-state index contributed by atoms with van der Waals surface area (Å²) < 4.78 is 1.70. The van der Waals surface area contributed by atoms with Crippen molar-refractivity contribution in [2.75, 3.05) is 5.32 Å². The van der Waals surface area contributed by atoms with E-state index in [1.807, 2.05) is 54.7 Å². The smallest absolute Gasteiger partial charge is 0.300 e. The standard InChI is InChI=1S/C28H27N5O2S/c34-25(18-21-11-5-2-6-12-21)30-27-32-31-26(36-27)13-7-8-14-33-19-23-16-22(17-24(23)29-28(33)35)15-20-9-3-1-4-10-20/h1-6,9-12,16,19H,7-8,13-15,17-18H2,(H,30,32,34). The predicted molar refractivity (Wildman–Crippen MR) is 142 cm³/mol. The lowest BCUT2D eigenvalue weighted by atomic mass is 10.0. The van der Waals surface area contributed by atoms with Crippen LogP contribution in [0, 0.1) is 0 Å². The van der Waals surface area contributed by atoms with Gasteiger partial charge in [0, 0.05) is 31.1 Å². The zero-order chi connectivity index (χ0) is 24.7. The number of nitrogens with one attached hydrogen (secondary N) is 1. The lowest BCUT2D eigenvalue weighted by Crippen LogP contribution is -2.24. The Kier molecular flexibility index (Phi) is 7.42. The molecule has 0 saturated heterocycles. The monoisotopic (exact) mass is 497 g/mol. The molecule has 0 radical (unpaired) electrons. The first-order chi connectivity index (χ1) is 17.6. The second kappa shape index (κ2) is 11.2. The fraction of sp³-hybridized carbons (Fsp3) is 0.250. The van der Waals surface area contributed by atoms with Gasteiger partial charge in [-0.25, -0.2) is 4.79 Å². The van der Waals surface area contributed by atoms with Gasteiger partial charge in [0.15, 0.2) is 0 Å². The Hall–Kier alpha value is -3.91. The first-order valence-corrected chi connectivity index (χ1v) is 12.9. The van der Waals surface area contributed by atoms with Gasteiger partial charge < -0.3 is 5.32 Å². The molecule has 2 heterocycles. The van der Waals surface area contributed by atoms with Crippen LogP contribution in [0.1, 0.15) is 40.2 Å². The number of amides is 1. The summed E-state index contributed by atoms with van der Waals surface area (Å²) in [5, 5.41) is 12.5. The Morgan fingerprint density at radius 1 is 0.972 bits per heavy atom. The van der Waals surface area contributed by atoms with E-state index in [2.05, 4.69) is 38.7 Å². The molecule has 0 fully saturated rings. The molecule has 1 aliphatic rings. The fourth-order valence-electron chi connectivity index (χ4n) is 4.33. The molecule has 36 heavy (non-hydrogen) atoms. The Balaban J connectivity index is 1.10. The van der Waals surface area contributed by atoms with Gasteiger partial charge in [-0.1, -0.05) is 83.6 Å². The van der Waals surface area contributed by atoms with Crippen molar-refractivity contribution in [3.63, 3.8) is 0 Å². The van der Waals surface area contributed by atoms with E-state index in [0.29, 0.717) is 18.1 Å². The van der Waals surface area contributed by atoms with Gasteiger partial charge in [-0.15, -0.1) is 10.2 Å². The number of carbonyl (C=O) groups excluding carboxylic acids is 1. The molecule has 7 nitrogen and oxygen atoms in total. The number of rotatable bonds is 10. The van der Waals surface area contributed by atoms with E-state index in [4.69, 9.17) is 0 Å². The molecular formula is C28H27N5O2S. The van der Waals surface area contributed by atoms with Gasteiger partial charge in [0.25, 0.3) is 0 Å². The molecule has 0 unspecified atom stereocenters. The summed E-state index contributed by atoms with van der Waals surface area (Å²) in [6, 6.07) is 20.0. The van der Waals surface area contributed by atoms with E-state index in [1.165, 1.54) is 22.5 Å². The van der Waals surface area contributed by atoms with Crippen molar-refractivity contribution in [2.24, 2.45) is 0 Å². The third kappa shape index (κ3) is 6.20. The number of carbonyl (C=O) groups is 1. The number of hydrogen-bond donors (Lipinski definition) is 1. The highest BCUT2D eigenvalue weighted by atomic mass is 32.1. The molecule has 5 rings (SSSR count). The maximum atomic E-state index is 12.5. The van der Waals surface area contributed by atoms with Crippen molar-refractivity contribution >= 4 is 28.5 Å². The molecule has 1 aliphatic carbocycles. The number of allylic oxidation sites excluding steroid dienone is 1. The van der Waals surface area contributed by atoms with Crippen LogP contribution in [0.3, 0.4) is 0 Å². The van der Waals surface area contributed by atoms with Crippen molar-refractivity contribution in [3.8, 4) is 0 Å². The van der Waals surface area contributed by atoms with Gasteiger partial charge in [0.2, 0.25) is 11.0 Å². The van der Waals surface area contributed by atoms with Crippen LogP contribution in [-0.4, -0.2) is 25.7 Å². The first kappa shape index (κ1) is 23.8. The normalized spacial score (nSPS) is 12.3. The SMILES string of the molecule is O=C(Cc1ccccc1)Nc1nnc(CCCCn2cc3c(nc2=O)CC(Cc2ccccc2)=C3)s1. The van der Waals surface area contributed by atoms with Crippen molar-refractivity contribution in [3.05, 3.63) is 110 Å². The maximum Gasteiger partial charge on any atom is 0.347 e. The summed E-state index contributed by atoms with van der Waals surface area (Å²) in [6.07, 6.45) is 8.47. The molecular weight excluding hydrogens is 470 g/mol. The van der Waals surface area contributed by atoms with E-state index in [9.17, 15) is 9.59 Å². The Labute approximate surface area is 213 Å². The molecule has 0 bridgehead atoms. The van der Waals surface area contributed by atoms with Crippen molar-refractivity contribution in [1.82, 2.24) is 19.7 Å². The largest absolute Gasteiger partial charge is 0.347 e. The number of anilines is 1. The molecule has 8 heteroatoms. The molecule has 0 aliphatic heterocycles. The zero-order valence-electron chi connectivity index (χ0n) is 19.9. The summed E-state index contributed by atoms with van der Waals surface area (Å²) in [4.78, 5) is 29.1. The van der Waals surface area contributed by atoms with E-state index in [1.54, 1.807) is 4.57 Å². The number of hydrogen-bond acceptors (Lipinski definition) is 6. The lowest BCUT2D eigenvalue weighted by molar-refractivity contribution is -0.115. The number of unbranched alkanes of at least 4 members (excludes halogenated alkanes) is 1. The summed E-state index contributed by atoms with van der Waals surface area (Å²) >= 11 is 1.40. The minimum Gasteiger partial charge on any atom is -0.300 e. The second-order valence-electron chi connectivity index (χ2n) is 8.93. The molecule has 1 N–H and O–H groups in total. The van der Waals surface area contributed by atoms with E-state index in [-0.39, 0.29) is 11.6 Å². The molecule has 0 spiro atoms. The molecule has 0 atom stereocenters. The molecule has 2 aromatic heterocycles. The predicted octanol–water partition coefficient (Wildman–Crippen LogP) is 4.48. The Morgan fingerprint density at radius 2 is 1.72 bits per heavy atom. The highest BCUT2D eigenvalue weighted by Crippen LogP contribution is 2.25. The number of aryl methyl sites for hydroxylation is 2. The van der Waals surface area contributed by atoms with E-state index < -0.39 is 0 Å². The van der Waals surface area contributed by atoms with Gasteiger partial charge >= 0.3 is 5.69 Å². The average Bonchev–Trinajstić information content (AvgIpc) is 3.48. The summed E-state index contributed by atoms with van der Waals surface area (Å²) in [5.74, 6) is -0.103. The van der Waals surface area contributed by atoms with Crippen LogP contribution in [0.25, 0.3) is 6.08 Å². The van der Waals surface area contributed by atoms with Crippen LogP contribution >= 0.6 is 11.3 Å². The first-order valence-electron chi connectivity index (χ1n) is 12.1. The number of benzene rings is 2. The van der Waals surface area contributed by atoms with Crippen LogP contribution in [0.15, 0.2) is 77.2 Å². The van der Waals surface area contributed by atoms with E-state index in [0.717, 1.165) is 53.9 Å². The highest BCUT2D eigenvalue weighted by Gasteiger charge is 2.16. The summed E-state index contributed by atoms with van der Waals surface area (Å²) in [7, 11) is 0. The molecule has 182 valence electrons. The van der Waals surface area contributed by atoms with Gasteiger partial charge in [-0.3, -0.25) is 9.36 Å². The maximum absolute atomic E-state index is 12.5. The minimum atomic E-state index is -0.192. The van der Waals surface area contributed by atoms with Gasteiger partial charge in [0.1, 0.15) is 5.01 Å². The van der Waals surface area contributed by atoms with Gasteiger partial charge in [-0.2, -0.15) is 4.98 Å². The molecule has 0 saturated carbocycles. The van der Waals surface area contributed by atoms with Crippen molar-refractivity contribution in [2.45, 2.75) is 45.1 Å². The Bertz CT molecular complexity index is 1430. The third-order valence-electron chi connectivity index (χ3n) is 6.09. The number of nitrogens with zero attached hydrogens (tertiary/aromatic N) is 4. The molecule has 1 amide bonds. The van der Waals surface area contributed by atoms with Gasteiger partial charge in [0.05, 0.1) is 12.1 Å². The second-order valence-corrected chi connectivity index (χ2v) is 9.99. The minimum absolute atomic E-state index is 0.103. The topological polar surface area (TPSA) is 89.8 Å². The quantitative estimate of drug-likeness (QED) is 0.326. The summed E-state index contributed by atoms with van der Waals surface area (Å²) in [6.45, 7) is 0.612. The van der Waals surface area contributed by atoms with Crippen LogP contribution in [0.5, 0.6) is 0 Å². The third-order valence-corrected chi connectivity index (χ3v) is 6.99. The van der Waals surface area contributed by atoms with Crippen LogP contribution < -0.4 is 11.0 Å². The van der Waals surface area contributed by atoms with Crippen molar-refractivity contribution in [1.29, 1.82) is 0 Å². The van der Waals surface area contributed by atoms with Crippen LogP contribution in [0.4, 0.5) is 5.13 Å². The molecule has 4 aromatic rings. The lowest BCUT2D eigenvalue weighted by Gasteiger charge is -2.06. The van der Waals surface area contributed by atoms with Crippen molar-refractivity contribution < 1.29 is 4.79 Å². The summed E-state index contributed by atoms with van der Waals surface area (Å²) in [5.41, 5.74) is 5.23. The zero-order valence-corrected chi connectivity index (χ0v) is 20.7. The van der Waals surface area contributed by atoms with Crippen LogP contribution in [-0.2, 0) is 37.0 Å². The number of aromatic nitrogens is 4. The van der Waals surface area contributed by atoms with Crippen LogP contribution in [0.2, 0.25) is 0 Å². The molecule has 2 aromatic carbocycles. The average molecular weight is 498 g/mol. The number of fused-ring (bicyclic) bond motifs is 1. The van der Waals surface area contributed by atoms with E-state index >= 15 is 0 Å².